The number of benzene rings is 1. The number of fused-ring (bicyclic) bond motifs is 1. The zero-order chi connectivity index (χ0) is 13.5. The summed E-state index contributed by atoms with van der Waals surface area (Å²) in [7, 11) is 0. The Hall–Kier alpha value is -1.02. The molecule has 0 aliphatic carbocycles. The van der Waals surface area contributed by atoms with Crippen LogP contribution in [0.3, 0.4) is 0 Å². The second kappa shape index (κ2) is 4.58. The molecule has 1 atom stereocenters. The minimum atomic E-state index is 0.248. The minimum Gasteiger partial charge on any atom is -0.366 e. The van der Waals surface area contributed by atoms with E-state index in [1.807, 2.05) is 0 Å². The fourth-order valence-corrected chi connectivity index (χ4v) is 3.50. The van der Waals surface area contributed by atoms with Crippen LogP contribution in [0.25, 0.3) is 0 Å². The molecule has 2 rings (SSSR count). The van der Waals surface area contributed by atoms with Crippen molar-refractivity contribution in [1.82, 2.24) is 0 Å². The summed E-state index contributed by atoms with van der Waals surface area (Å²) in [5.41, 5.74) is 11.6. The molecule has 0 unspecified atom stereocenters. The molecule has 1 heterocycles. The molecule has 0 saturated carbocycles. The maximum atomic E-state index is 5.84. The minimum absolute atomic E-state index is 0.248. The smallest absolute Gasteiger partial charge is 0.0408 e. The summed E-state index contributed by atoms with van der Waals surface area (Å²) >= 11 is 0. The molecule has 2 heteroatoms. The first kappa shape index (κ1) is 13.4. The molecule has 0 saturated heterocycles. The summed E-state index contributed by atoms with van der Waals surface area (Å²) in [5.74, 6) is 0.615. The first-order chi connectivity index (χ1) is 8.40. The molecule has 1 aliphatic heterocycles. The van der Waals surface area contributed by atoms with Crippen molar-refractivity contribution >= 4 is 5.69 Å². The maximum Gasteiger partial charge on any atom is 0.0408 e. The number of anilines is 1. The van der Waals surface area contributed by atoms with E-state index in [4.69, 9.17) is 5.73 Å². The highest BCUT2D eigenvalue weighted by Crippen LogP contribution is 2.44. The Balaban J connectivity index is 2.59. The molecule has 0 spiro atoms. The van der Waals surface area contributed by atoms with E-state index in [-0.39, 0.29) is 5.54 Å². The normalized spacial score (nSPS) is 21.9. The molecule has 1 aliphatic rings. The summed E-state index contributed by atoms with van der Waals surface area (Å²) in [6.07, 6.45) is 1.21. The van der Waals surface area contributed by atoms with Crippen molar-refractivity contribution in [3.05, 3.63) is 28.8 Å². The third-order valence-electron chi connectivity index (χ3n) is 4.38. The second-order valence-electron chi connectivity index (χ2n) is 6.20. The quantitative estimate of drug-likeness (QED) is 0.864. The predicted molar refractivity (Wildman–Crippen MR) is 79.2 cm³/mol. The van der Waals surface area contributed by atoms with E-state index in [1.54, 1.807) is 0 Å². The highest BCUT2D eigenvalue weighted by Gasteiger charge is 2.35. The zero-order valence-electron chi connectivity index (χ0n) is 12.4. The molecule has 100 valence electrons. The highest BCUT2D eigenvalue weighted by atomic mass is 15.2. The Morgan fingerprint density at radius 3 is 2.61 bits per heavy atom. The third kappa shape index (κ3) is 2.03. The van der Waals surface area contributed by atoms with Crippen molar-refractivity contribution in [2.45, 2.75) is 59.0 Å². The van der Waals surface area contributed by atoms with Crippen LogP contribution in [0.1, 0.15) is 56.7 Å². The molecular formula is C16H26N2. The van der Waals surface area contributed by atoms with Crippen LogP contribution in [0, 0.1) is 6.92 Å². The van der Waals surface area contributed by atoms with Gasteiger partial charge >= 0.3 is 0 Å². The average Bonchev–Trinajstić information content (AvgIpc) is 2.27. The Morgan fingerprint density at radius 1 is 1.39 bits per heavy atom. The Kier molecular flexibility index (Phi) is 3.41. The van der Waals surface area contributed by atoms with Crippen LogP contribution >= 0.6 is 0 Å². The number of hydrogen-bond acceptors (Lipinski definition) is 2. The van der Waals surface area contributed by atoms with Crippen LogP contribution in [0.2, 0.25) is 0 Å². The van der Waals surface area contributed by atoms with Crippen molar-refractivity contribution in [2.24, 2.45) is 5.73 Å². The van der Waals surface area contributed by atoms with Crippen LogP contribution in [-0.2, 0) is 6.54 Å². The van der Waals surface area contributed by atoms with E-state index in [2.05, 4.69) is 51.7 Å². The van der Waals surface area contributed by atoms with E-state index in [1.165, 1.54) is 28.8 Å². The van der Waals surface area contributed by atoms with Gasteiger partial charge in [-0.25, -0.2) is 0 Å². The number of aryl methyl sites for hydroxylation is 1. The average molecular weight is 246 g/mol. The van der Waals surface area contributed by atoms with Gasteiger partial charge in [-0.3, -0.25) is 0 Å². The summed E-state index contributed by atoms with van der Waals surface area (Å²) in [4.78, 5) is 2.54. The van der Waals surface area contributed by atoms with Gasteiger partial charge < -0.3 is 10.6 Å². The van der Waals surface area contributed by atoms with Crippen LogP contribution < -0.4 is 10.6 Å². The number of nitrogens with zero attached hydrogens (tertiary/aromatic N) is 1. The third-order valence-corrected chi connectivity index (χ3v) is 4.38. The van der Waals surface area contributed by atoms with E-state index < -0.39 is 0 Å². The molecule has 1 aromatic rings. The van der Waals surface area contributed by atoms with Crippen LogP contribution in [0.15, 0.2) is 12.1 Å². The van der Waals surface area contributed by atoms with Gasteiger partial charge in [-0.15, -0.1) is 0 Å². The molecule has 0 bridgehead atoms. The lowest BCUT2D eigenvalue weighted by Crippen LogP contribution is -2.48. The van der Waals surface area contributed by atoms with Crippen molar-refractivity contribution in [1.29, 1.82) is 0 Å². The molecular weight excluding hydrogens is 220 g/mol. The molecule has 0 fully saturated rings. The van der Waals surface area contributed by atoms with Gasteiger partial charge in [0.15, 0.2) is 0 Å². The van der Waals surface area contributed by atoms with Gasteiger partial charge in [0, 0.05) is 24.3 Å². The van der Waals surface area contributed by atoms with Gasteiger partial charge in [-0.2, -0.15) is 0 Å². The van der Waals surface area contributed by atoms with Crippen molar-refractivity contribution in [2.75, 3.05) is 11.4 Å². The molecule has 0 radical (unpaired) electrons. The molecule has 2 N–H and O–H groups in total. The van der Waals surface area contributed by atoms with E-state index >= 15 is 0 Å². The molecule has 0 aromatic heterocycles. The standard InChI is InChI=1S/C16H26N2/c1-6-18-15-7-11(2)13(10-17)8-14(15)12(3)9-16(18,4)5/h7-8,12H,6,9-10,17H2,1-5H3/t12-/m1/s1. The van der Waals surface area contributed by atoms with Gasteiger partial charge in [0.05, 0.1) is 0 Å². The number of hydrogen-bond donors (Lipinski definition) is 1. The van der Waals surface area contributed by atoms with Crippen molar-refractivity contribution in [3.8, 4) is 0 Å². The van der Waals surface area contributed by atoms with Crippen LogP contribution in [-0.4, -0.2) is 12.1 Å². The van der Waals surface area contributed by atoms with E-state index in [0.29, 0.717) is 12.5 Å². The highest BCUT2D eigenvalue weighted by molar-refractivity contribution is 5.62. The Labute approximate surface area is 111 Å². The van der Waals surface area contributed by atoms with E-state index in [0.717, 1.165) is 6.54 Å². The van der Waals surface area contributed by atoms with Gasteiger partial charge in [0.1, 0.15) is 0 Å². The topological polar surface area (TPSA) is 29.3 Å². The SMILES string of the molecule is CCN1c2cc(C)c(CN)cc2[C@H](C)CC1(C)C. The fraction of sp³-hybridized carbons (Fsp3) is 0.625. The van der Waals surface area contributed by atoms with Gasteiger partial charge in [0.25, 0.3) is 0 Å². The summed E-state index contributed by atoms with van der Waals surface area (Å²) in [6, 6.07) is 4.66. The molecule has 1 aromatic carbocycles. The largest absolute Gasteiger partial charge is 0.366 e. The lowest BCUT2D eigenvalue weighted by atomic mass is 9.79. The first-order valence-electron chi connectivity index (χ1n) is 7.01. The molecule has 0 amide bonds. The lowest BCUT2D eigenvalue weighted by molar-refractivity contribution is 0.381. The predicted octanol–water partition coefficient (Wildman–Crippen LogP) is 3.57. The summed E-state index contributed by atoms with van der Waals surface area (Å²) in [5, 5.41) is 0. The first-order valence-corrected chi connectivity index (χ1v) is 7.01. The van der Waals surface area contributed by atoms with Gasteiger partial charge in [0.2, 0.25) is 0 Å². The number of nitrogens with two attached hydrogens (primary N) is 1. The monoisotopic (exact) mass is 246 g/mol. The zero-order valence-corrected chi connectivity index (χ0v) is 12.4. The van der Waals surface area contributed by atoms with Crippen LogP contribution in [0.4, 0.5) is 5.69 Å². The maximum absolute atomic E-state index is 5.84. The summed E-state index contributed by atoms with van der Waals surface area (Å²) < 4.78 is 0. The second-order valence-corrected chi connectivity index (χ2v) is 6.20. The van der Waals surface area contributed by atoms with E-state index in [9.17, 15) is 0 Å². The summed E-state index contributed by atoms with van der Waals surface area (Å²) in [6.45, 7) is 13.2. The Morgan fingerprint density at radius 2 is 2.06 bits per heavy atom. The number of rotatable bonds is 2. The molecule has 2 nitrogen and oxygen atoms in total. The van der Waals surface area contributed by atoms with Crippen LogP contribution in [0.5, 0.6) is 0 Å². The van der Waals surface area contributed by atoms with Gasteiger partial charge in [-0.05, 0) is 62.8 Å². The van der Waals surface area contributed by atoms with Crippen molar-refractivity contribution < 1.29 is 0 Å². The Bertz CT molecular complexity index is 449. The lowest BCUT2D eigenvalue weighted by Gasteiger charge is -2.47. The van der Waals surface area contributed by atoms with Gasteiger partial charge in [-0.1, -0.05) is 13.0 Å². The fourth-order valence-electron chi connectivity index (χ4n) is 3.50. The van der Waals surface area contributed by atoms with Crippen molar-refractivity contribution in [3.63, 3.8) is 0 Å². The molecule has 18 heavy (non-hydrogen) atoms.